The highest BCUT2D eigenvalue weighted by Gasteiger charge is 2.40. The van der Waals surface area contributed by atoms with Crippen molar-refractivity contribution in [1.82, 2.24) is 14.9 Å². The number of amides is 2. The van der Waals surface area contributed by atoms with Gasteiger partial charge in [0, 0.05) is 26.7 Å². The van der Waals surface area contributed by atoms with Gasteiger partial charge in [0.25, 0.3) is 0 Å². The standard InChI is InChI=1S/C12H25N3O3S/c1-12(2,3)10(14-11(16)13-4)8-15(5)19(17,18)9-6-7-9/h9-10H,6-8H2,1-5H3,(H2,13,14,16). The second-order valence-corrected chi connectivity index (χ2v) is 8.49. The van der Waals surface area contributed by atoms with E-state index in [2.05, 4.69) is 10.6 Å². The van der Waals surface area contributed by atoms with Crippen LogP contribution in [0.2, 0.25) is 0 Å². The first kappa shape index (κ1) is 16.2. The van der Waals surface area contributed by atoms with Crippen LogP contribution in [0.4, 0.5) is 4.79 Å². The number of sulfonamides is 1. The van der Waals surface area contributed by atoms with Crippen LogP contribution in [0, 0.1) is 5.41 Å². The molecule has 2 amide bonds. The summed E-state index contributed by atoms with van der Waals surface area (Å²) in [5.74, 6) is 0. The van der Waals surface area contributed by atoms with Gasteiger partial charge in [-0.3, -0.25) is 0 Å². The summed E-state index contributed by atoms with van der Waals surface area (Å²) in [5.41, 5.74) is -0.222. The molecule has 112 valence electrons. The molecule has 0 aromatic rings. The summed E-state index contributed by atoms with van der Waals surface area (Å²) in [7, 11) is -0.0794. The van der Waals surface area contributed by atoms with Crippen molar-refractivity contribution in [2.45, 2.75) is 44.9 Å². The van der Waals surface area contributed by atoms with Crippen molar-refractivity contribution in [2.24, 2.45) is 5.41 Å². The molecule has 1 aliphatic carbocycles. The first-order valence-corrected chi connectivity index (χ1v) is 8.02. The molecule has 0 bridgehead atoms. The molecule has 0 aliphatic heterocycles. The van der Waals surface area contributed by atoms with Gasteiger partial charge in [-0.1, -0.05) is 20.8 Å². The molecule has 1 rings (SSSR count). The molecule has 2 N–H and O–H groups in total. The molecular formula is C12H25N3O3S. The van der Waals surface area contributed by atoms with Gasteiger partial charge in [0.2, 0.25) is 10.0 Å². The van der Waals surface area contributed by atoms with E-state index in [0.717, 1.165) is 12.8 Å². The molecule has 7 heteroatoms. The fourth-order valence-corrected chi connectivity index (χ4v) is 3.35. The van der Waals surface area contributed by atoms with Crippen LogP contribution in [0.3, 0.4) is 0 Å². The molecular weight excluding hydrogens is 266 g/mol. The zero-order valence-electron chi connectivity index (χ0n) is 12.4. The number of carbonyl (C=O) groups is 1. The van der Waals surface area contributed by atoms with Crippen molar-refractivity contribution in [3.8, 4) is 0 Å². The Morgan fingerprint density at radius 1 is 1.37 bits per heavy atom. The van der Waals surface area contributed by atoms with Gasteiger partial charge in [-0.15, -0.1) is 0 Å². The van der Waals surface area contributed by atoms with Crippen LogP contribution in [0.15, 0.2) is 0 Å². The second-order valence-electron chi connectivity index (χ2n) is 6.17. The molecule has 0 heterocycles. The van der Waals surface area contributed by atoms with Crippen LogP contribution < -0.4 is 10.6 Å². The average molecular weight is 291 g/mol. The molecule has 1 aliphatic rings. The fourth-order valence-electron chi connectivity index (χ4n) is 1.75. The molecule has 0 saturated heterocycles. The van der Waals surface area contributed by atoms with E-state index in [9.17, 15) is 13.2 Å². The minimum atomic E-state index is -3.20. The average Bonchev–Trinajstić information content (AvgIpc) is 3.10. The summed E-state index contributed by atoms with van der Waals surface area (Å²) in [6.07, 6.45) is 1.49. The van der Waals surface area contributed by atoms with Crippen molar-refractivity contribution in [3.05, 3.63) is 0 Å². The Morgan fingerprint density at radius 2 is 1.89 bits per heavy atom. The Kier molecular flexibility index (Phi) is 4.84. The zero-order valence-corrected chi connectivity index (χ0v) is 13.2. The Bertz CT molecular complexity index is 424. The summed E-state index contributed by atoms with van der Waals surface area (Å²) in [5, 5.41) is 5.09. The van der Waals surface area contributed by atoms with Crippen LogP contribution in [-0.2, 0) is 10.0 Å². The van der Waals surface area contributed by atoms with Gasteiger partial charge in [0.1, 0.15) is 0 Å². The second kappa shape index (κ2) is 5.66. The maximum absolute atomic E-state index is 12.1. The van der Waals surface area contributed by atoms with E-state index in [-0.39, 0.29) is 29.3 Å². The molecule has 6 nitrogen and oxygen atoms in total. The van der Waals surface area contributed by atoms with E-state index in [1.807, 2.05) is 20.8 Å². The summed E-state index contributed by atoms with van der Waals surface area (Å²) in [6, 6.07) is -0.539. The van der Waals surface area contributed by atoms with Gasteiger partial charge in [-0.05, 0) is 18.3 Å². The third-order valence-electron chi connectivity index (χ3n) is 3.40. The lowest BCUT2D eigenvalue weighted by molar-refractivity contribution is 0.209. The van der Waals surface area contributed by atoms with Gasteiger partial charge in [-0.2, -0.15) is 0 Å². The summed E-state index contributed by atoms with van der Waals surface area (Å²) in [6.45, 7) is 6.22. The van der Waals surface area contributed by atoms with Gasteiger partial charge in [-0.25, -0.2) is 17.5 Å². The lowest BCUT2D eigenvalue weighted by atomic mass is 9.87. The normalized spacial score (nSPS) is 18.2. The van der Waals surface area contributed by atoms with E-state index in [1.54, 1.807) is 14.1 Å². The van der Waals surface area contributed by atoms with E-state index in [4.69, 9.17) is 0 Å². The SMILES string of the molecule is CNC(=O)NC(CN(C)S(=O)(=O)C1CC1)C(C)(C)C. The summed E-state index contributed by atoms with van der Waals surface area (Å²) in [4.78, 5) is 11.5. The van der Waals surface area contributed by atoms with Crippen molar-refractivity contribution in [3.63, 3.8) is 0 Å². The van der Waals surface area contributed by atoms with Crippen LogP contribution >= 0.6 is 0 Å². The number of hydrogen-bond donors (Lipinski definition) is 2. The number of urea groups is 1. The van der Waals surface area contributed by atoms with Crippen molar-refractivity contribution < 1.29 is 13.2 Å². The lowest BCUT2D eigenvalue weighted by Crippen LogP contribution is -2.53. The first-order valence-electron chi connectivity index (χ1n) is 6.52. The van der Waals surface area contributed by atoms with Crippen LogP contribution in [0.1, 0.15) is 33.6 Å². The van der Waals surface area contributed by atoms with E-state index >= 15 is 0 Å². The highest BCUT2D eigenvalue weighted by molar-refractivity contribution is 7.90. The van der Waals surface area contributed by atoms with E-state index < -0.39 is 10.0 Å². The molecule has 1 unspecified atom stereocenters. The van der Waals surface area contributed by atoms with Crippen molar-refractivity contribution in [1.29, 1.82) is 0 Å². The van der Waals surface area contributed by atoms with Crippen molar-refractivity contribution in [2.75, 3.05) is 20.6 Å². The molecule has 0 aromatic heterocycles. The number of likely N-dealkylation sites (N-methyl/N-ethyl adjacent to an activating group) is 1. The third kappa shape index (κ3) is 4.35. The number of rotatable bonds is 5. The quantitative estimate of drug-likeness (QED) is 0.784. The molecule has 19 heavy (non-hydrogen) atoms. The van der Waals surface area contributed by atoms with Gasteiger partial charge in [0.15, 0.2) is 0 Å². The largest absolute Gasteiger partial charge is 0.341 e. The predicted octanol–water partition coefficient (Wildman–Crippen LogP) is 0.754. The molecule has 1 fully saturated rings. The van der Waals surface area contributed by atoms with E-state index in [1.165, 1.54) is 4.31 Å². The Hall–Kier alpha value is -0.820. The summed E-state index contributed by atoms with van der Waals surface area (Å²) < 4.78 is 25.6. The monoisotopic (exact) mass is 291 g/mol. The van der Waals surface area contributed by atoms with Gasteiger partial charge < -0.3 is 10.6 Å². The lowest BCUT2D eigenvalue weighted by Gasteiger charge is -2.34. The van der Waals surface area contributed by atoms with Gasteiger partial charge in [0.05, 0.1) is 5.25 Å². The van der Waals surface area contributed by atoms with Crippen LogP contribution in [-0.4, -0.2) is 50.7 Å². The minimum absolute atomic E-state index is 0.222. The first-order chi connectivity index (χ1) is 8.59. The van der Waals surface area contributed by atoms with E-state index in [0.29, 0.717) is 0 Å². The zero-order chi connectivity index (χ0) is 14.8. The van der Waals surface area contributed by atoms with Gasteiger partial charge >= 0.3 is 6.03 Å². The predicted molar refractivity (Wildman–Crippen MR) is 75.4 cm³/mol. The number of nitrogens with one attached hydrogen (secondary N) is 2. The highest BCUT2D eigenvalue weighted by atomic mass is 32.2. The maximum atomic E-state index is 12.1. The Labute approximate surface area is 116 Å². The summed E-state index contributed by atoms with van der Waals surface area (Å²) >= 11 is 0. The highest BCUT2D eigenvalue weighted by Crippen LogP contribution is 2.31. The number of hydrogen-bond acceptors (Lipinski definition) is 3. The molecule has 0 spiro atoms. The maximum Gasteiger partial charge on any atom is 0.314 e. The molecule has 1 saturated carbocycles. The minimum Gasteiger partial charge on any atom is -0.341 e. The smallest absolute Gasteiger partial charge is 0.314 e. The van der Waals surface area contributed by atoms with Crippen molar-refractivity contribution >= 4 is 16.1 Å². The molecule has 0 radical (unpaired) electrons. The number of nitrogens with zero attached hydrogens (tertiary/aromatic N) is 1. The molecule has 1 atom stereocenters. The topological polar surface area (TPSA) is 78.5 Å². The molecule has 0 aromatic carbocycles. The Morgan fingerprint density at radius 3 is 2.26 bits per heavy atom. The third-order valence-corrected chi connectivity index (χ3v) is 5.73. The van der Waals surface area contributed by atoms with Crippen LogP contribution in [0.5, 0.6) is 0 Å². The Balaban J connectivity index is 2.74. The number of carbonyl (C=O) groups excluding carboxylic acids is 1. The van der Waals surface area contributed by atoms with Crippen LogP contribution in [0.25, 0.3) is 0 Å². The fraction of sp³-hybridized carbons (Fsp3) is 0.917.